The second kappa shape index (κ2) is 4.38. The fourth-order valence-corrected chi connectivity index (χ4v) is 0.459. The molecule has 0 aliphatic heterocycles. The molecule has 0 rings (SSSR count). The lowest BCUT2D eigenvalue weighted by Gasteiger charge is -1.96. The fraction of sp³-hybridized carbons (Fsp3) is 0.286. The number of nitrogens with one attached hydrogen (secondary N) is 1. The molecule has 0 heterocycles. The van der Waals surface area contributed by atoms with E-state index in [1.54, 1.807) is 0 Å². The van der Waals surface area contributed by atoms with E-state index in [-0.39, 0.29) is 12.2 Å². The second-order valence-corrected chi connectivity index (χ2v) is 2.00. The molecule has 0 aromatic heterocycles. The first kappa shape index (κ1) is 9.55. The van der Waals surface area contributed by atoms with Gasteiger partial charge >= 0.3 is 0 Å². The summed E-state index contributed by atoms with van der Waals surface area (Å²) in [5, 5.41) is 1.94. The summed E-state index contributed by atoms with van der Waals surface area (Å²) in [6.45, 7) is 4.42. The van der Waals surface area contributed by atoms with Crippen LogP contribution in [0.2, 0.25) is 0 Å². The van der Waals surface area contributed by atoms with Crippen molar-refractivity contribution in [2.75, 3.05) is 0 Å². The van der Waals surface area contributed by atoms with Gasteiger partial charge in [-0.05, 0) is 13.0 Å². The molecule has 2 amide bonds. The van der Waals surface area contributed by atoms with Gasteiger partial charge in [0.15, 0.2) is 0 Å². The van der Waals surface area contributed by atoms with E-state index in [2.05, 4.69) is 6.58 Å². The largest absolute Gasteiger partial charge is 0.299 e. The number of carbonyl (C=O) groups is 3. The highest BCUT2D eigenvalue weighted by Gasteiger charge is 2.06. The van der Waals surface area contributed by atoms with Gasteiger partial charge in [-0.2, -0.15) is 0 Å². The predicted octanol–water partition coefficient (Wildman–Crippen LogP) is -0.206. The molecule has 4 nitrogen and oxygen atoms in total. The first-order valence-electron chi connectivity index (χ1n) is 3.02. The monoisotopic (exact) mass is 155 g/mol. The molecule has 11 heavy (non-hydrogen) atoms. The average molecular weight is 155 g/mol. The number of amides is 2. The topological polar surface area (TPSA) is 63.2 Å². The van der Waals surface area contributed by atoms with E-state index in [1.165, 1.54) is 6.92 Å². The summed E-state index contributed by atoms with van der Waals surface area (Å²) < 4.78 is 0. The lowest BCUT2D eigenvalue weighted by molar-refractivity contribution is -0.130. The molecule has 0 aliphatic rings. The number of hydrogen-bond acceptors (Lipinski definition) is 3. The minimum absolute atomic E-state index is 0.264. The SMILES string of the molecule is C=CC(=O)NC(=O)CC(C)=O. The Morgan fingerprint density at radius 2 is 2.00 bits per heavy atom. The molecule has 1 N–H and O–H groups in total. The summed E-state index contributed by atoms with van der Waals surface area (Å²) in [7, 11) is 0. The molecule has 0 bridgehead atoms. The summed E-state index contributed by atoms with van der Waals surface area (Å²) in [6, 6.07) is 0. The van der Waals surface area contributed by atoms with Crippen LogP contribution >= 0.6 is 0 Å². The van der Waals surface area contributed by atoms with Crippen LogP contribution in [0, 0.1) is 0 Å². The number of imide groups is 1. The molecule has 0 aliphatic carbocycles. The molecule has 0 aromatic carbocycles. The van der Waals surface area contributed by atoms with E-state index in [9.17, 15) is 14.4 Å². The Labute approximate surface area is 64.3 Å². The molecule has 0 unspecified atom stereocenters. The van der Waals surface area contributed by atoms with Crippen molar-refractivity contribution in [3.63, 3.8) is 0 Å². The van der Waals surface area contributed by atoms with Crippen molar-refractivity contribution in [2.45, 2.75) is 13.3 Å². The second-order valence-electron chi connectivity index (χ2n) is 2.00. The minimum Gasteiger partial charge on any atom is -0.299 e. The van der Waals surface area contributed by atoms with Gasteiger partial charge in [0.25, 0.3) is 0 Å². The zero-order chi connectivity index (χ0) is 8.85. The van der Waals surface area contributed by atoms with E-state index < -0.39 is 11.8 Å². The molecule has 0 saturated carbocycles. The molecular formula is C7H9NO3. The third-order valence-electron chi connectivity index (χ3n) is 0.858. The van der Waals surface area contributed by atoms with Gasteiger partial charge in [-0.3, -0.25) is 19.7 Å². The highest BCUT2D eigenvalue weighted by Crippen LogP contribution is 1.81. The van der Waals surface area contributed by atoms with Crippen LogP contribution in [0.4, 0.5) is 0 Å². The summed E-state index contributed by atoms with van der Waals surface area (Å²) >= 11 is 0. The van der Waals surface area contributed by atoms with Crippen molar-refractivity contribution in [2.24, 2.45) is 0 Å². The number of rotatable bonds is 3. The maximum absolute atomic E-state index is 10.6. The molecule has 0 saturated heterocycles. The van der Waals surface area contributed by atoms with E-state index in [4.69, 9.17) is 0 Å². The molecule has 60 valence electrons. The van der Waals surface area contributed by atoms with Gasteiger partial charge in [-0.15, -0.1) is 0 Å². The highest BCUT2D eigenvalue weighted by atomic mass is 16.2. The van der Waals surface area contributed by atoms with E-state index in [1.807, 2.05) is 5.32 Å². The molecule has 0 atom stereocenters. The quantitative estimate of drug-likeness (QED) is 0.453. The molecule has 0 spiro atoms. The molecule has 0 radical (unpaired) electrons. The highest BCUT2D eigenvalue weighted by molar-refractivity contribution is 6.06. The molecule has 0 aromatic rings. The van der Waals surface area contributed by atoms with Crippen molar-refractivity contribution in [3.8, 4) is 0 Å². The minimum atomic E-state index is -0.595. The van der Waals surface area contributed by atoms with Gasteiger partial charge in [0.2, 0.25) is 11.8 Å². The fourth-order valence-electron chi connectivity index (χ4n) is 0.459. The number of ketones is 1. The van der Waals surface area contributed by atoms with Crippen LogP contribution in [0.5, 0.6) is 0 Å². The molecule has 4 heteroatoms. The van der Waals surface area contributed by atoms with Crippen molar-refractivity contribution < 1.29 is 14.4 Å². The third kappa shape index (κ3) is 5.02. The van der Waals surface area contributed by atoms with Gasteiger partial charge in [-0.25, -0.2) is 0 Å². The van der Waals surface area contributed by atoms with Crippen molar-refractivity contribution in [1.29, 1.82) is 0 Å². The Hall–Kier alpha value is -1.45. The van der Waals surface area contributed by atoms with Gasteiger partial charge in [-0.1, -0.05) is 6.58 Å². The average Bonchev–Trinajstić information content (AvgIpc) is 1.85. The Kier molecular flexibility index (Phi) is 3.80. The van der Waals surface area contributed by atoms with E-state index >= 15 is 0 Å². The normalized spacial score (nSPS) is 8.45. The predicted molar refractivity (Wildman–Crippen MR) is 38.6 cm³/mol. The van der Waals surface area contributed by atoms with Crippen molar-refractivity contribution >= 4 is 17.6 Å². The van der Waals surface area contributed by atoms with E-state index in [0.29, 0.717) is 0 Å². The van der Waals surface area contributed by atoms with Gasteiger partial charge < -0.3 is 0 Å². The summed E-state index contributed by atoms with van der Waals surface area (Å²) in [5.41, 5.74) is 0. The summed E-state index contributed by atoms with van der Waals surface area (Å²) in [6.07, 6.45) is 0.706. The Morgan fingerprint density at radius 3 is 2.36 bits per heavy atom. The molecular weight excluding hydrogens is 146 g/mol. The van der Waals surface area contributed by atoms with Crippen LogP contribution in [0.1, 0.15) is 13.3 Å². The maximum Gasteiger partial charge on any atom is 0.249 e. The van der Waals surface area contributed by atoms with Gasteiger partial charge in [0, 0.05) is 0 Å². The van der Waals surface area contributed by atoms with E-state index in [0.717, 1.165) is 6.08 Å². The standard InChI is InChI=1S/C7H9NO3/c1-3-6(10)8-7(11)4-5(2)9/h3H,1,4H2,2H3,(H,8,10,11). The summed E-state index contributed by atoms with van der Waals surface area (Å²) in [5.74, 6) is -1.46. The third-order valence-corrected chi connectivity index (χ3v) is 0.858. The maximum atomic E-state index is 10.6. The lowest BCUT2D eigenvalue weighted by atomic mass is 10.3. The van der Waals surface area contributed by atoms with Crippen LogP contribution in [-0.4, -0.2) is 17.6 Å². The van der Waals surface area contributed by atoms with Crippen LogP contribution in [0.15, 0.2) is 12.7 Å². The zero-order valence-corrected chi connectivity index (χ0v) is 6.22. The van der Waals surface area contributed by atoms with Crippen molar-refractivity contribution in [1.82, 2.24) is 5.32 Å². The molecule has 0 fully saturated rings. The number of hydrogen-bond donors (Lipinski definition) is 1. The van der Waals surface area contributed by atoms with Gasteiger partial charge in [0.1, 0.15) is 5.78 Å². The first-order valence-corrected chi connectivity index (χ1v) is 3.02. The zero-order valence-electron chi connectivity index (χ0n) is 6.22. The Morgan fingerprint density at radius 1 is 1.45 bits per heavy atom. The van der Waals surface area contributed by atoms with Crippen molar-refractivity contribution in [3.05, 3.63) is 12.7 Å². The summed E-state index contributed by atoms with van der Waals surface area (Å²) in [4.78, 5) is 31.4. The first-order chi connectivity index (χ1) is 5.06. The number of carbonyl (C=O) groups excluding carboxylic acids is 3. The lowest BCUT2D eigenvalue weighted by Crippen LogP contribution is -2.29. The Balaban J connectivity index is 3.78. The van der Waals surface area contributed by atoms with Crippen LogP contribution < -0.4 is 5.32 Å². The Bertz CT molecular complexity index is 208. The van der Waals surface area contributed by atoms with Crippen LogP contribution in [0.3, 0.4) is 0 Å². The van der Waals surface area contributed by atoms with Crippen LogP contribution in [-0.2, 0) is 14.4 Å². The van der Waals surface area contributed by atoms with Crippen LogP contribution in [0.25, 0.3) is 0 Å². The number of Topliss-reactive ketones (excluding diaryl/α,β-unsaturated/α-hetero) is 1. The van der Waals surface area contributed by atoms with Gasteiger partial charge in [0.05, 0.1) is 6.42 Å². The smallest absolute Gasteiger partial charge is 0.249 e.